The molecule has 0 aliphatic heterocycles. The molecule has 0 bridgehead atoms. The van der Waals surface area contributed by atoms with Crippen LogP contribution in [0.5, 0.6) is 0 Å². The number of carbonyl (C=O) groups excluding carboxylic acids is 5. The highest BCUT2D eigenvalue weighted by molar-refractivity contribution is 5.82. The smallest absolute Gasteiger partial charge is 0.148 e. The highest BCUT2D eigenvalue weighted by Gasteiger charge is 2.07. The van der Waals surface area contributed by atoms with E-state index < -0.39 is 0 Å². The summed E-state index contributed by atoms with van der Waals surface area (Å²) in [5, 5.41) is 0. The largest absolute Gasteiger partial charge is 0.330 e. The van der Waals surface area contributed by atoms with E-state index in [4.69, 9.17) is 22.9 Å². The molecule has 0 saturated heterocycles. The molecule has 0 rings (SSSR count). The van der Waals surface area contributed by atoms with Crippen LogP contribution in [0.1, 0.15) is 147 Å². The molecule has 0 fully saturated rings. The van der Waals surface area contributed by atoms with Crippen LogP contribution in [-0.4, -0.2) is 55.1 Å². The van der Waals surface area contributed by atoms with E-state index >= 15 is 0 Å². The average Bonchev–Trinajstić information content (AvgIpc) is 2.98. The molecule has 0 unspecified atom stereocenters. The Morgan fingerprint density at radius 1 is 0.378 bits per heavy atom. The number of hydrogen-bond acceptors (Lipinski definition) is 9. The van der Waals surface area contributed by atoms with Crippen LogP contribution in [0.2, 0.25) is 0 Å². The van der Waals surface area contributed by atoms with Crippen molar-refractivity contribution < 1.29 is 24.0 Å². The predicted molar refractivity (Wildman–Crippen MR) is 192 cm³/mol. The normalized spacial score (nSPS) is 10.2. The third-order valence-corrected chi connectivity index (χ3v) is 6.59. The van der Waals surface area contributed by atoms with E-state index in [0.717, 1.165) is 32.1 Å². The lowest BCUT2D eigenvalue weighted by molar-refractivity contribution is -0.122. The van der Waals surface area contributed by atoms with Crippen LogP contribution in [0.15, 0.2) is 0 Å². The zero-order valence-electron chi connectivity index (χ0n) is 31.3. The number of Topliss-reactive ketones (excluding diaryl/α,β-unsaturated/α-hetero) is 5. The molecule has 0 aliphatic rings. The topological polar surface area (TPSA) is 189 Å². The minimum Gasteiger partial charge on any atom is -0.330 e. The van der Waals surface area contributed by atoms with Gasteiger partial charge >= 0.3 is 0 Å². The van der Waals surface area contributed by atoms with Crippen molar-refractivity contribution in [1.29, 1.82) is 0 Å². The first-order valence-corrected chi connectivity index (χ1v) is 17.3. The molecule has 0 atom stereocenters. The van der Waals surface area contributed by atoms with Crippen molar-refractivity contribution in [2.24, 2.45) is 52.5 Å². The van der Waals surface area contributed by atoms with Gasteiger partial charge in [-0.15, -0.1) is 0 Å². The number of nitrogens with two attached hydrogens (primary N) is 4. The molecule has 0 heterocycles. The molecular weight excluding hydrogens is 568 g/mol. The molecule has 0 aromatic heterocycles. The minimum absolute atomic E-state index is 0.102. The summed E-state index contributed by atoms with van der Waals surface area (Å²) in [6.45, 7) is 23.3. The van der Waals surface area contributed by atoms with E-state index in [2.05, 4.69) is 6.92 Å². The Labute approximate surface area is 278 Å². The van der Waals surface area contributed by atoms with Gasteiger partial charge in [0, 0.05) is 55.3 Å². The third-order valence-electron chi connectivity index (χ3n) is 6.59. The molecule has 0 aromatic carbocycles. The molecule has 0 amide bonds. The van der Waals surface area contributed by atoms with Crippen molar-refractivity contribution in [3.63, 3.8) is 0 Å². The van der Waals surface area contributed by atoms with Gasteiger partial charge in [-0.2, -0.15) is 0 Å². The summed E-state index contributed by atoms with van der Waals surface area (Å²) in [7, 11) is 0. The molecule has 0 aliphatic carbocycles. The lowest BCUT2D eigenvalue weighted by Gasteiger charge is -2.02. The van der Waals surface area contributed by atoms with Gasteiger partial charge in [0.2, 0.25) is 0 Å². The van der Waals surface area contributed by atoms with Crippen molar-refractivity contribution in [2.75, 3.05) is 26.2 Å². The molecule has 8 N–H and O–H groups in total. The van der Waals surface area contributed by atoms with E-state index in [1.807, 2.05) is 69.2 Å². The first-order valence-electron chi connectivity index (χ1n) is 17.3. The van der Waals surface area contributed by atoms with E-state index in [1.165, 1.54) is 19.3 Å². The average molecular weight is 645 g/mol. The SMILES string of the molecule is CC(C)C(=O)CCCCN.CC(C)C(=O)CCCN.CC(C)C(=O)CCN.CC(C)C(=O)CN.CCCCCCC(=O)C(C)C. The molecule has 45 heavy (non-hydrogen) atoms. The summed E-state index contributed by atoms with van der Waals surface area (Å²) in [6.07, 6.45) is 10.2. The van der Waals surface area contributed by atoms with Crippen molar-refractivity contribution in [3.8, 4) is 0 Å². The summed E-state index contributed by atoms with van der Waals surface area (Å²) in [5.74, 6) is 2.33. The highest BCUT2D eigenvalue weighted by Crippen LogP contribution is 2.07. The Hall–Kier alpha value is -1.81. The van der Waals surface area contributed by atoms with Gasteiger partial charge in [-0.05, 0) is 45.3 Å². The zero-order chi connectivity index (χ0) is 36.4. The van der Waals surface area contributed by atoms with Crippen LogP contribution >= 0.6 is 0 Å². The van der Waals surface area contributed by atoms with Crippen molar-refractivity contribution in [2.45, 2.75) is 147 Å². The molecule has 270 valence electrons. The quantitative estimate of drug-likeness (QED) is 0.112. The van der Waals surface area contributed by atoms with Crippen molar-refractivity contribution in [1.82, 2.24) is 0 Å². The van der Waals surface area contributed by atoms with Crippen LogP contribution in [0.4, 0.5) is 0 Å². The Kier molecular flexibility index (Phi) is 44.9. The summed E-state index contributed by atoms with van der Waals surface area (Å²) in [6, 6.07) is 0. The molecule has 0 saturated carbocycles. The Morgan fingerprint density at radius 2 is 0.689 bits per heavy atom. The summed E-state index contributed by atoms with van der Waals surface area (Å²) < 4.78 is 0. The third kappa shape index (κ3) is 46.7. The summed E-state index contributed by atoms with van der Waals surface area (Å²) in [4.78, 5) is 54.0. The fraction of sp³-hybridized carbons (Fsp3) is 0.861. The van der Waals surface area contributed by atoms with E-state index in [0.29, 0.717) is 56.2 Å². The number of hydrogen-bond donors (Lipinski definition) is 4. The highest BCUT2D eigenvalue weighted by atomic mass is 16.1. The molecule has 9 heteroatoms. The van der Waals surface area contributed by atoms with Crippen LogP contribution in [0.3, 0.4) is 0 Å². The summed E-state index contributed by atoms with van der Waals surface area (Å²) in [5.41, 5.74) is 20.7. The van der Waals surface area contributed by atoms with E-state index in [-0.39, 0.29) is 47.7 Å². The molecule has 0 aromatic rings. The fourth-order valence-electron chi connectivity index (χ4n) is 2.98. The zero-order valence-corrected chi connectivity index (χ0v) is 31.3. The Bertz CT molecular complexity index is 720. The van der Waals surface area contributed by atoms with Gasteiger partial charge in [0.15, 0.2) is 0 Å². The Balaban J connectivity index is -0.000000149. The summed E-state index contributed by atoms with van der Waals surface area (Å²) >= 11 is 0. The van der Waals surface area contributed by atoms with Gasteiger partial charge in [0.1, 0.15) is 28.9 Å². The van der Waals surface area contributed by atoms with Crippen LogP contribution in [-0.2, 0) is 24.0 Å². The molecule has 0 radical (unpaired) electrons. The minimum atomic E-state index is 0.102. The first-order chi connectivity index (χ1) is 20.9. The maximum absolute atomic E-state index is 11.1. The molecular formula is C36H76N4O5. The number of rotatable bonds is 20. The van der Waals surface area contributed by atoms with Crippen LogP contribution in [0.25, 0.3) is 0 Å². The lowest BCUT2D eigenvalue weighted by Crippen LogP contribution is -2.18. The number of ketones is 5. The maximum Gasteiger partial charge on any atom is 0.148 e. The van der Waals surface area contributed by atoms with Crippen molar-refractivity contribution >= 4 is 28.9 Å². The van der Waals surface area contributed by atoms with Gasteiger partial charge in [0.25, 0.3) is 0 Å². The fourth-order valence-corrected chi connectivity index (χ4v) is 2.98. The lowest BCUT2D eigenvalue weighted by atomic mass is 10.0. The first kappa shape index (κ1) is 52.7. The van der Waals surface area contributed by atoms with Gasteiger partial charge in [-0.3, -0.25) is 24.0 Å². The van der Waals surface area contributed by atoms with Crippen LogP contribution in [0, 0.1) is 29.6 Å². The molecule has 0 spiro atoms. The second-order valence-electron chi connectivity index (χ2n) is 12.8. The second-order valence-corrected chi connectivity index (χ2v) is 12.8. The molecule has 9 nitrogen and oxygen atoms in total. The van der Waals surface area contributed by atoms with Gasteiger partial charge in [-0.25, -0.2) is 0 Å². The number of unbranched alkanes of at least 4 members (excludes halogenated alkanes) is 4. The van der Waals surface area contributed by atoms with Gasteiger partial charge in [0.05, 0.1) is 6.54 Å². The maximum atomic E-state index is 11.1. The monoisotopic (exact) mass is 645 g/mol. The van der Waals surface area contributed by atoms with E-state index in [1.54, 1.807) is 0 Å². The predicted octanol–water partition coefficient (Wildman–Crippen LogP) is 6.20. The van der Waals surface area contributed by atoms with E-state index in [9.17, 15) is 24.0 Å². The van der Waals surface area contributed by atoms with Crippen molar-refractivity contribution in [3.05, 3.63) is 0 Å². The number of carbonyl (C=O) groups is 5. The van der Waals surface area contributed by atoms with Crippen LogP contribution < -0.4 is 22.9 Å². The Morgan fingerprint density at radius 3 is 0.911 bits per heavy atom. The van der Waals surface area contributed by atoms with Gasteiger partial charge < -0.3 is 22.9 Å². The second kappa shape index (κ2) is 38.4. The standard InChI is InChI=1S/C10H20O.C8H17NO.C7H15NO.C6H13NO.C5H11NO/c1-4-5-6-7-8-10(11)9(2)3;1-7(2)8(10)5-3-4-6-9;1-6(2)7(9)4-3-5-8;1-5(2)6(8)3-4-7;1-4(2)5(7)3-6/h9H,4-8H2,1-3H3;7H,3-6,9H2,1-2H3;6H,3-5,8H2,1-2H3;5H,3-4,7H2,1-2H3;4H,3,6H2,1-2H3. The van der Waals surface area contributed by atoms with Gasteiger partial charge in [-0.1, -0.05) is 95.4 Å².